The minimum atomic E-state index is 0.755. The molecule has 1 nitrogen and oxygen atoms in total. The van der Waals surface area contributed by atoms with Crippen LogP contribution in [0.2, 0.25) is 0 Å². The molecule has 0 saturated carbocycles. The van der Waals surface area contributed by atoms with E-state index in [9.17, 15) is 0 Å². The number of likely N-dealkylation sites (N-methyl/N-ethyl adjacent to an activating group) is 1. The molecule has 0 aromatic carbocycles. The third kappa shape index (κ3) is 1.46. The Morgan fingerprint density at radius 3 is 3.00 bits per heavy atom. The topological polar surface area (TPSA) is 3.24 Å². The van der Waals surface area contributed by atoms with Crippen LogP contribution in [0.5, 0.6) is 0 Å². The Balaban J connectivity index is 2.21. The van der Waals surface area contributed by atoms with E-state index in [1.807, 2.05) is 0 Å². The summed E-state index contributed by atoms with van der Waals surface area (Å²) in [6.45, 7) is 6.96. The highest BCUT2D eigenvalue weighted by Gasteiger charge is 2.29. The standard InChI is InChI=1S/C12H19N/c1-3-12-11-8-6-5-7-10(11)9-13(12)4-2/h5,7,12H,3-4,6,8-9H2,1-2H3. The van der Waals surface area contributed by atoms with Crippen molar-refractivity contribution in [1.29, 1.82) is 0 Å². The van der Waals surface area contributed by atoms with Gasteiger partial charge in [0, 0.05) is 12.6 Å². The highest BCUT2D eigenvalue weighted by Crippen LogP contribution is 2.33. The molecular weight excluding hydrogens is 158 g/mol. The molecule has 1 heterocycles. The number of nitrogens with zero attached hydrogens (tertiary/aromatic N) is 1. The summed E-state index contributed by atoms with van der Waals surface area (Å²) in [6.07, 6.45) is 8.51. The van der Waals surface area contributed by atoms with Gasteiger partial charge in [-0.3, -0.25) is 4.90 Å². The zero-order chi connectivity index (χ0) is 9.26. The molecule has 1 unspecified atom stereocenters. The lowest BCUT2D eigenvalue weighted by Crippen LogP contribution is -2.31. The summed E-state index contributed by atoms with van der Waals surface area (Å²) in [5, 5.41) is 0. The minimum absolute atomic E-state index is 0.755. The second-order valence-electron chi connectivity index (χ2n) is 3.98. The van der Waals surface area contributed by atoms with Gasteiger partial charge in [0.05, 0.1) is 0 Å². The first-order valence-electron chi connectivity index (χ1n) is 5.49. The largest absolute Gasteiger partial charge is 0.293 e. The third-order valence-corrected chi connectivity index (χ3v) is 3.32. The molecule has 0 radical (unpaired) electrons. The summed E-state index contributed by atoms with van der Waals surface area (Å²) in [5.41, 5.74) is 3.34. The molecule has 1 heteroatoms. The Morgan fingerprint density at radius 1 is 1.46 bits per heavy atom. The molecule has 1 aliphatic heterocycles. The summed E-state index contributed by atoms with van der Waals surface area (Å²) in [5.74, 6) is 0. The molecule has 0 bridgehead atoms. The van der Waals surface area contributed by atoms with Crippen molar-refractivity contribution in [3.63, 3.8) is 0 Å². The Kier molecular flexibility index (Phi) is 2.54. The number of hydrogen-bond donors (Lipinski definition) is 0. The fourth-order valence-electron chi connectivity index (χ4n) is 2.65. The normalized spacial score (nSPS) is 28.3. The highest BCUT2D eigenvalue weighted by atomic mass is 15.2. The zero-order valence-electron chi connectivity index (χ0n) is 8.71. The fourth-order valence-corrected chi connectivity index (χ4v) is 2.65. The molecule has 2 aliphatic rings. The predicted molar refractivity (Wildman–Crippen MR) is 56.7 cm³/mol. The maximum atomic E-state index is 2.60. The lowest BCUT2D eigenvalue weighted by atomic mass is 9.94. The molecule has 0 N–H and O–H groups in total. The Morgan fingerprint density at radius 2 is 2.31 bits per heavy atom. The van der Waals surface area contributed by atoms with Crippen LogP contribution in [-0.4, -0.2) is 24.0 Å². The Hall–Kier alpha value is -0.560. The summed E-state index contributed by atoms with van der Waals surface area (Å²) in [4.78, 5) is 2.60. The van der Waals surface area contributed by atoms with Gasteiger partial charge in [-0.25, -0.2) is 0 Å². The van der Waals surface area contributed by atoms with Gasteiger partial charge in [0.15, 0.2) is 0 Å². The molecule has 0 aromatic heterocycles. The fraction of sp³-hybridized carbons (Fsp3) is 0.667. The van der Waals surface area contributed by atoms with Crippen molar-refractivity contribution in [3.8, 4) is 0 Å². The first kappa shape index (κ1) is 9.01. The van der Waals surface area contributed by atoms with Crippen LogP contribution in [0.15, 0.2) is 23.3 Å². The van der Waals surface area contributed by atoms with Gasteiger partial charge in [-0.05, 0) is 37.0 Å². The highest BCUT2D eigenvalue weighted by molar-refractivity contribution is 5.38. The van der Waals surface area contributed by atoms with Crippen LogP contribution in [0.3, 0.4) is 0 Å². The van der Waals surface area contributed by atoms with E-state index in [2.05, 4.69) is 30.9 Å². The van der Waals surface area contributed by atoms with Gasteiger partial charge < -0.3 is 0 Å². The van der Waals surface area contributed by atoms with E-state index in [0.29, 0.717) is 0 Å². The first-order valence-corrected chi connectivity index (χ1v) is 5.49. The van der Waals surface area contributed by atoms with Gasteiger partial charge in [0.25, 0.3) is 0 Å². The van der Waals surface area contributed by atoms with Crippen molar-refractivity contribution in [1.82, 2.24) is 4.90 Å². The molecule has 0 aromatic rings. The first-order chi connectivity index (χ1) is 6.36. The average Bonchev–Trinajstić information content (AvgIpc) is 2.55. The molecule has 0 amide bonds. The molecule has 0 fully saturated rings. The van der Waals surface area contributed by atoms with E-state index >= 15 is 0 Å². The van der Waals surface area contributed by atoms with Crippen LogP contribution in [0.4, 0.5) is 0 Å². The van der Waals surface area contributed by atoms with Crippen molar-refractivity contribution in [2.45, 2.75) is 39.2 Å². The van der Waals surface area contributed by atoms with Gasteiger partial charge in [-0.15, -0.1) is 0 Å². The van der Waals surface area contributed by atoms with Crippen LogP contribution in [-0.2, 0) is 0 Å². The van der Waals surface area contributed by atoms with Crippen molar-refractivity contribution < 1.29 is 0 Å². The summed E-state index contributed by atoms with van der Waals surface area (Å²) in [7, 11) is 0. The molecule has 72 valence electrons. The predicted octanol–water partition coefficient (Wildman–Crippen LogP) is 2.75. The van der Waals surface area contributed by atoms with Gasteiger partial charge in [-0.1, -0.05) is 26.0 Å². The van der Waals surface area contributed by atoms with Gasteiger partial charge >= 0.3 is 0 Å². The average molecular weight is 177 g/mol. The molecular formula is C12H19N. The monoisotopic (exact) mass is 177 g/mol. The molecule has 2 rings (SSSR count). The summed E-state index contributed by atoms with van der Waals surface area (Å²) >= 11 is 0. The second kappa shape index (κ2) is 3.67. The van der Waals surface area contributed by atoms with Gasteiger partial charge in [0.1, 0.15) is 0 Å². The Labute approximate surface area is 81.1 Å². The van der Waals surface area contributed by atoms with Gasteiger partial charge in [-0.2, -0.15) is 0 Å². The number of allylic oxidation sites excluding steroid dienone is 1. The Bertz CT molecular complexity index is 250. The van der Waals surface area contributed by atoms with Crippen molar-refractivity contribution >= 4 is 0 Å². The maximum absolute atomic E-state index is 2.60. The van der Waals surface area contributed by atoms with Gasteiger partial charge in [0.2, 0.25) is 0 Å². The van der Waals surface area contributed by atoms with Crippen LogP contribution in [0, 0.1) is 0 Å². The number of hydrogen-bond acceptors (Lipinski definition) is 1. The number of rotatable bonds is 2. The van der Waals surface area contributed by atoms with E-state index in [4.69, 9.17) is 0 Å². The van der Waals surface area contributed by atoms with Crippen LogP contribution >= 0.6 is 0 Å². The van der Waals surface area contributed by atoms with Crippen LogP contribution in [0.1, 0.15) is 33.1 Å². The van der Waals surface area contributed by atoms with Crippen molar-refractivity contribution in [3.05, 3.63) is 23.3 Å². The van der Waals surface area contributed by atoms with Crippen LogP contribution in [0.25, 0.3) is 0 Å². The lowest BCUT2D eigenvalue weighted by molar-refractivity contribution is 0.270. The van der Waals surface area contributed by atoms with E-state index in [0.717, 1.165) is 6.04 Å². The molecule has 0 saturated heterocycles. The minimum Gasteiger partial charge on any atom is -0.293 e. The lowest BCUT2D eigenvalue weighted by Gasteiger charge is -2.24. The van der Waals surface area contributed by atoms with Crippen molar-refractivity contribution in [2.75, 3.05) is 13.1 Å². The zero-order valence-corrected chi connectivity index (χ0v) is 8.71. The quantitative estimate of drug-likeness (QED) is 0.627. The molecule has 1 aliphatic carbocycles. The summed E-state index contributed by atoms with van der Waals surface area (Å²) < 4.78 is 0. The third-order valence-electron chi connectivity index (χ3n) is 3.32. The molecule has 1 atom stereocenters. The van der Waals surface area contributed by atoms with Crippen LogP contribution < -0.4 is 0 Å². The summed E-state index contributed by atoms with van der Waals surface area (Å²) in [6, 6.07) is 0.755. The van der Waals surface area contributed by atoms with Crippen molar-refractivity contribution in [2.24, 2.45) is 0 Å². The van der Waals surface area contributed by atoms with E-state index in [-0.39, 0.29) is 0 Å². The van der Waals surface area contributed by atoms with E-state index in [1.54, 1.807) is 11.1 Å². The maximum Gasteiger partial charge on any atom is 0.0314 e. The smallest absolute Gasteiger partial charge is 0.0314 e. The molecule has 13 heavy (non-hydrogen) atoms. The molecule has 0 spiro atoms. The SMILES string of the molecule is CCC1C2=C(C=CCC2)CN1CC. The van der Waals surface area contributed by atoms with E-state index in [1.165, 1.54) is 32.4 Å². The second-order valence-corrected chi connectivity index (χ2v) is 3.98. The van der Waals surface area contributed by atoms with E-state index < -0.39 is 0 Å².